The van der Waals surface area contributed by atoms with Gasteiger partial charge in [0.1, 0.15) is 0 Å². The summed E-state index contributed by atoms with van der Waals surface area (Å²) < 4.78 is 5.57. The molecule has 0 bridgehead atoms. The zero-order valence-electron chi connectivity index (χ0n) is 12.2. The number of nitrogens with zero attached hydrogens (tertiary/aromatic N) is 1. The molecule has 1 saturated heterocycles. The average molecular weight is 254 g/mol. The first-order valence-electron chi connectivity index (χ1n) is 7.69. The van der Waals surface area contributed by atoms with Gasteiger partial charge in [0.05, 0.1) is 6.61 Å². The summed E-state index contributed by atoms with van der Waals surface area (Å²) in [4.78, 5) is 2.64. The highest BCUT2D eigenvalue weighted by Crippen LogP contribution is 2.39. The Balaban J connectivity index is 1.92. The van der Waals surface area contributed by atoms with Crippen molar-refractivity contribution in [1.29, 1.82) is 0 Å². The molecule has 0 aromatic carbocycles. The summed E-state index contributed by atoms with van der Waals surface area (Å²) in [5.74, 6) is 0.933. The van der Waals surface area contributed by atoms with Crippen LogP contribution < -0.4 is 5.32 Å². The monoisotopic (exact) mass is 254 g/mol. The van der Waals surface area contributed by atoms with Gasteiger partial charge in [0, 0.05) is 32.8 Å². The molecule has 2 aliphatic rings. The number of hydrogen-bond acceptors (Lipinski definition) is 3. The molecule has 0 radical (unpaired) electrons. The highest BCUT2D eigenvalue weighted by atomic mass is 16.5. The van der Waals surface area contributed by atoms with Crippen molar-refractivity contribution in [2.75, 3.05) is 46.4 Å². The van der Waals surface area contributed by atoms with Crippen LogP contribution in [0.3, 0.4) is 0 Å². The maximum atomic E-state index is 5.57. The Morgan fingerprint density at radius 3 is 2.72 bits per heavy atom. The van der Waals surface area contributed by atoms with E-state index in [9.17, 15) is 0 Å². The zero-order chi connectivity index (χ0) is 12.8. The van der Waals surface area contributed by atoms with Crippen LogP contribution >= 0.6 is 0 Å². The van der Waals surface area contributed by atoms with E-state index in [-0.39, 0.29) is 0 Å². The van der Waals surface area contributed by atoms with Crippen molar-refractivity contribution in [3.63, 3.8) is 0 Å². The molecule has 0 atom stereocenters. The topological polar surface area (TPSA) is 24.5 Å². The standard InChI is InChI=1S/C15H30N2O/c1-14-4-6-15(7-5-14,12-16-2)13-17-8-3-10-18-11-9-17/h14,16H,3-13H2,1-2H3. The molecule has 1 saturated carbocycles. The van der Waals surface area contributed by atoms with Crippen molar-refractivity contribution in [2.45, 2.75) is 39.0 Å². The first-order chi connectivity index (χ1) is 8.74. The molecule has 0 aromatic rings. The van der Waals surface area contributed by atoms with Gasteiger partial charge in [-0.3, -0.25) is 0 Å². The molecule has 18 heavy (non-hydrogen) atoms. The third kappa shape index (κ3) is 3.94. The van der Waals surface area contributed by atoms with E-state index >= 15 is 0 Å². The van der Waals surface area contributed by atoms with Crippen molar-refractivity contribution >= 4 is 0 Å². The van der Waals surface area contributed by atoms with Gasteiger partial charge in [-0.15, -0.1) is 0 Å². The quantitative estimate of drug-likeness (QED) is 0.832. The molecule has 3 nitrogen and oxygen atoms in total. The summed E-state index contributed by atoms with van der Waals surface area (Å²) in [7, 11) is 2.10. The molecule has 2 fully saturated rings. The van der Waals surface area contributed by atoms with Crippen molar-refractivity contribution in [2.24, 2.45) is 11.3 Å². The highest BCUT2D eigenvalue weighted by molar-refractivity contribution is 4.89. The minimum Gasteiger partial charge on any atom is -0.380 e. The van der Waals surface area contributed by atoms with Gasteiger partial charge in [-0.25, -0.2) is 0 Å². The van der Waals surface area contributed by atoms with E-state index < -0.39 is 0 Å². The van der Waals surface area contributed by atoms with Gasteiger partial charge in [0.15, 0.2) is 0 Å². The maximum Gasteiger partial charge on any atom is 0.0593 e. The lowest BCUT2D eigenvalue weighted by molar-refractivity contribution is 0.0827. The number of rotatable bonds is 4. The molecular weight excluding hydrogens is 224 g/mol. The SMILES string of the molecule is CNCC1(CN2CCCOCC2)CCC(C)CC1. The molecule has 0 amide bonds. The van der Waals surface area contributed by atoms with Crippen LogP contribution in [-0.4, -0.2) is 51.3 Å². The van der Waals surface area contributed by atoms with Gasteiger partial charge in [-0.05, 0) is 37.6 Å². The minimum atomic E-state index is 0.519. The Morgan fingerprint density at radius 1 is 1.22 bits per heavy atom. The van der Waals surface area contributed by atoms with E-state index in [0.29, 0.717) is 5.41 Å². The Hall–Kier alpha value is -0.120. The van der Waals surface area contributed by atoms with Crippen LogP contribution in [0.1, 0.15) is 39.0 Å². The van der Waals surface area contributed by atoms with Crippen LogP contribution in [0, 0.1) is 11.3 Å². The van der Waals surface area contributed by atoms with Gasteiger partial charge >= 0.3 is 0 Å². The third-order valence-corrected chi connectivity index (χ3v) is 4.76. The number of nitrogens with one attached hydrogen (secondary N) is 1. The molecule has 106 valence electrons. The van der Waals surface area contributed by atoms with Crippen LogP contribution in [0.25, 0.3) is 0 Å². The van der Waals surface area contributed by atoms with Gasteiger partial charge in [0.25, 0.3) is 0 Å². The maximum absolute atomic E-state index is 5.57. The molecule has 0 unspecified atom stereocenters. The number of hydrogen-bond donors (Lipinski definition) is 1. The van der Waals surface area contributed by atoms with Crippen molar-refractivity contribution in [3.8, 4) is 0 Å². The highest BCUT2D eigenvalue weighted by Gasteiger charge is 2.35. The summed E-state index contributed by atoms with van der Waals surface area (Å²) in [6.45, 7) is 9.07. The normalized spacial score (nSPS) is 35.3. The van der Waals surface area contributed by atoms with Crippen molar-refractivity contribution < 1.29 is 4.74 Å². The van der Waals surface area contributed by atoms with E-state index in [2.05, 4.69) is 24.2 Å². The molecule has 1 N–H and O–H groups in total. The van der Waals surface area contributed by atoms with Gasteiger partial charge in [-0.1, -0.05) is 19.8 Å². The Bertz CT molecular complexity index is 229. The summed E-state index contributed by atoms with van der Waals surface area (Å²) in [5.41, 5.74) is 0.519. The predicted octanol–water partition coefficient (Wildman–Crippen LogP) is 2.12. The van der Waals surface area contributed by atoms with E-state index in [4.69, 9.17) is 4.74 Å². The second-order valence-corrected chi connectivity index (χ2v) is 6.45. The second-order valence-electron chi connectivity index (χ2n) is 6.45. The van der Waals surface area contributed by atoms with Crippen molar-refractivity contribution in [1.82, 2.24) is 10.2 Å². The fraction of sp³-hybridized carbons (Fsp3) is 1.00. The third-order valence-electron chi connectivity index (χ3n) is 4.76. The zero-order valence-corrected chi connectivity index (χ0v) is 12.2. The lowest BCUT2D eigenvalue weighted by Gasteiger charge is -2.42. The van der Waals surface area contributed by atoms with Crippen LogP contribution in [0.15, 0.2) is 0 Å². The first kappa shape index (κ1) is 14.3. The fourth-order valence-corrected chi connectivity index (χ4v) is 3.57. The molecule has 2 rings (SSSR count). The molecule has 0 aromatic heterocycles. The van der Waals surface area contributed by atoms with Crippen LogP contribution in [0.2, 0.25) is 0 Å². The largest absolute Gasteiger partial charge is 0.380 e. The van der Waals surface area contributed by atoms with E-state index in [1.807, 2.05) is 0 Å². The van der Waals surface area contributed by atoms with Crippen LogP contribution in [0.4, 0.5) is 0 Å². The smallest absolute Gasteiger partial charge is 0.0593 e. The van der Waals surface area contributed by atoms with Crippen LogP contribution in [-0.2, 0) is 4.74 Å². The van der Waals surface area contributed by atoms with E-state index in [0.717, 1.165) is 25.7 Å². The summed E-state index contributed by atoms with van der Waals surface area (Å²) in [6.07, 6.45) is 6.81. The Morgan fingerprint density at radius 2 is 2.00 bits per heavy atom. The Labute approximate surface area is 112 Å². The molecule has 1 heterocycles. The van der Waals surface area contributed by atoms with E-state index in [1.54, 1.807) is 0 Å². The minimum absolute atomic E-state index is 0.519. The predicted molar refractivity (Wildman–Crippen MR) is 75.9 cm³/mol. The van der Waals surface area contributed by atoms with E-state index in [1.165, 1.54) is 51.7 Å². The average Bonchev–Trinajstić information content (AvgIpc) is 2.62. The summed E-state index contributed by atoms with van der Waals surface area (Å²) >= 11 is 0. The summed E-state index contributed by atoms with van der Waals surface area (Å²) in [6, 6.07) is 0. The second kappa shape index (κ2) is 6.88. The Kier molecular flexibility index (Phi) is 5.46. The lowest BCUT2D eigenvalue weighted by atomic mass is 9.70. The summed E-state index contributed by atoms with van der Waals surface area (Å²) in [5, 5.41) is 3.44. The van der Waals surface area contributed by atoms with Crippen molar-refractivity contribution in [3.05, 3.63) is 0 Å². The fourth-order valence-electron chi connectivity index (χ4n) is 3.57. The van der Waals surface area contributed by atoms with Crippen LogP contribution in [0.5, 0.6) is 0 Å². The number of ether oxygens (including phenoxy) is 1. The first-order valence-corrected chi connectivity index (χ1v) is 7.69. The molecule has 3 heteroatoms. The van der Waals surface area contributed by atoms with Gasteiger partial charge < -0.3 is 15.0 Å². The van der Waals surface area contributed by atoms with Gasteiger partial charge in [0.2, 0.25) is 0 Å². The van der Waals surface area contributed by atoms with Gasteiger partial charge in [-0.2, -0.15) is 0 Å². The lowest BCUT2D eigenvalue weighted by Crippen LogP contribution is -2.46. The molecule has 1 aliphatic heterocycles. The molecular formula is C15H30N2O. The molecule has 0 spiro atoms. The molecule has 1 aliphatic carbocycles.